The third kappa shape index (κ3) is 6.79. The minimum absolute atomic E-state index is 0.618. The van der Waals surface area contributed by atoms with E-state index < -0.39 is 0 Å². The minimum Gasteiger partial charge on any atom is -0.317 e. The molecule has 1 aromatic rings. The zero-order valence-corrected chi connectivity index (χ0v) is 15.3. The van der Waals surface area contributed by atoms with Crippen molar-refractivity contribution in [1.29, 1.82) is 0 Å². The van der Waals surface area contributed by atoms with Crippen LogP contribution >= 0.6 is 11.8 Å². The molecule has 0 saturated heterocycles. The first-order valence-electron chi connectivity index (χ1n) is 8.05. The van der Waals surface area contributed by atoms with E-state index >= 15 is 0 Å². The van der Waals surface area contributed by atoms with Gasteiger partial charge in [0.1, 0.15) is 5.82 Å². The highest BCUT2D eigenvalue weighted by molar-refractivity contribution is 7.98. The van der Waals surface area contributed by atoms with E-state index in [0.717, 1.165) is 48.4 Å². The second kappa shape index (κ2) is 9.42. The van der Waals surface area contributed by atoms with Crippen LogP contribution in [0.2, 0.25) is 0 Å². The van der Waals surface area contributed by atoms with Crippen LogP contribution in [0.1, 0.15) is 50.5 Å². The first-order chi connectivity index (χ1) is 9.93. The second-order valence-electron chi connectivity index (χ2n) is 6.32. The van der Waals surface area contributed by atoms with Gasteiger partial charge in [-0.2, -0.15) is 11.8 Å². The van der Waals surface area contributed by atoms with Crippen molar-refractivity contribution >= 4 is 11.8 Å². The molecular formula is C17H31N3S. The van der Waals surface area contributed by atoms with Gasteiger partial charge in [-0.3, -0.25) is 0 Å². The lowest BCUT2D eigenvalue weighted by Crippen LogP contribution is -2.22. The van der Waals surface area contributed by atoms with Crippen molar-refractivity contribution in [2.75, 3.05) is 18.8 Å². The monoisotopic (exact) mass is 309 g/mol. The lowest BCUT2D eigenvalue weighted by Gasteiger charge is -2.16. The van der Waals surface area contributed by atoms with Crippen LogP contribution in [-0.4, -0.2) is 28.8 Å². The third-order valence-electron chi connectivity index (χ3n) is 3.44. The molecule has 0 amide bonds. The molecule has 1 heterocycles. The molecule has 120 valence electrons. The highest BCUT2D eigenvalue weighted by atomic mass is 32.2. The molecule has 0 saturated carbocycles. The van der Waals surface area contributed by atoms with E-state index in [-0.39, 0.29) is 0 Å². The summed E-state index contributed by atoms with van der Waals surface area (Å²) in [6.07, 6.45) is 1.06. The Bertz CT molecular complexity index is 409. The fourth-order valence-corrected chi connectivity index (χ4v) is 3.27. The predicted molar refractivity (Wildman–Crippen MR) is 93.9 cm³/mol. The quantitative estimate of drug-likeness (QED) is 0.753. The Morgan fingerprint density at radius 1 is 1.10 bits per heavy atom. The van der Waals surface area contributed by atoms with E-state index in [2.05, 4.69) is 46.9 Å². The van der Waals surface area contributed by atoms with Crippen LogP contribution in [-0.2, 0) is 12.2 Å². The van der Waals surface area contributed by atoms with Crippen LogP contribution in [0.5, 0.6) is 0 Å². The zero-order chi connectivity index (χ0) is 15.8. The van der Waals surface area contributed by atoms with Crippen LogP contribution in [0.25, 0.3) is 0 Å². The van der Waals surface area contributed by atoms with E-state index in [1.165, 1.54) is 11.3 Å². The smallest absolute Gasteiger partial charge is 0.138 e. The number of aryl methyl sites for hydroxylation is 2. The van der Waals surface area contributed by atoms with Gasteiger partial charge in [-0.25, -0.2) is 9.97 Å². The van der Waals surface area contributed by atoms with Gasteiger partial charge in [0.25, 0.3) is 0 Å². The number of rotatable bonds is 9. The molecule has 1 aromatic heterocycles. The van der Waals surface area contributed by atoms with Gasteiger partial charge in [-0.1, -0.05) is 27.7 Å². The summed E-state index contributed by atoms with van der Waals surface area (Å²) in [6, 6.07) is 0. The highest BCUT2D eigenvalue weighted by Crippen LogP contribution is 2.18. The lowest BCUT2D eigenvalue weighted by molar-refractivity contribution is 0.517. The molecule has 0 aliphatic heterocycles. The number of nitrogens with one attached hydrogen (secondary N) is 1. The van der Waals surface area contributed by atoms with Crippen molar-refractivity contribution in [2.45, 2.75) is 53.7 Å². The van der Waals surface area contributed by atoms with Crippen LogP contribution in [0.15, 0.2) is 0 Å². The Labute approximate surface area is 134 Å². The van der Waals surface area contributed by atoms with Crippen molar-refractivity contribution in [1.82, 2.24) is 15.3 Å². The second-order valence-corrected chi connectivity index (χ2v) is 7.35. The lowest BCUT2D eigenvalue weighted by atomic mass is 9.98. The van der Waals surface area contributed by atoms with Crippen LogP contribution < -0.4 is 5.32 Å². The fraction of sp³-hybridized carbons (Fsp3) is 0.765. The average Bonchev–Trinajstić information content (AvgIpc) is 2.40. The number of hydrogen-bond donors (Lipinski definition) is 1. The molecule has 0 aliphatic carbocycles. The normalized spacial score (nSPS) is 12.9. The van der Waals surface area contributed by atoms with Gasteiger partial charge in [0.05, 0.1) is 5.75 Å². The standard InChI is InChI=1S/C17H31N3S/c1-7-18-9-13(4)8-16-14(5)19-17(20-15(16)6)11-21-10-12(2)3/h12-13,18H,7-11H2,1-6H3. The SMILES string of the molecule is CCNCC(C)Cc1c(C)nc(CSCC(C)C)nc1C. The Hall–Kier alpha value is -0.610. The van der Waals surface area contributed by atoms with Gasteiger partial charge in [0.15, 0.2) is 0 Å². The van der Waals surface area contributed by atoms with Gasteiger partial charge in [-0.15, -0.1) is 0 Å². The van der Waals surface area contributed by atoms with E-state index in [9.17, 15) is 0 Å². The summed E-state index contributed by atoms with van der Waals surface area (Å²) in [4.78, 5) is 9.42. The predicted octanol–water partition coefficient (Wildman–Crippen LogP) is 3.77. The number of aromatic nitrogens is 2. The van der Waals surface area contributed by atoms with E-state index in [1.54, 1.807) is 0 Å². The molecule has 0 fully saturated rings. The van der Waals surface area contributed by atoms with Gasteiger partial charge in [0.2, 0.25) is 0 Å². The van der Waals surface area contributed by atoms with Gasteiger partial charge >= 0.3 is 0 Å². The summed E-state index contributed by atoms with van der Waals surface area (Å²) in [6.45, 7) is 15.3. The number of thioether (sulfide) groups is 1. The molecule has 1 unspecified atom stereocenters. The summed E-state index contributed by atoms with van der Waals surface area (Å²) in [5.74, 6) is 4.42. The van der Waals surface area contributed by atoms with E-state index in [4.69, 9.17) is 9.97 Å². The molecule has 4 heteroatoms. The first kappa shape index (κ1) is 18.4. The Kier molecular flexibility index (Phi) is 8.27. The molecule has 21 heavy (non-hydrogen) atoms. The summed E-state index contributed by atoms with van der Waals surface area (Å²) >= 11 is 1.93. The van der Waals surface area contributed by atoms with Crippen LogP contribution in [0, 0.1) is 25.7 Å². The Morgan fingerprint density at radius 2 is 1.71 bits per heavy atom. The van der Waals surface area contributed by atoms with Crippen LogP contribution in [0.4, 0.5) is 0 Å². The average molecular weight is 310 g/mol. The van der Waals surface area contributed by atoms with Crippen molar-refractivity contribution in [2.24, 2.45) is 11.8 Å². The number of hydrogen-bond acceptors (Lipinski definition) is 4. The Morgan fingerprint density at radius 3 is 2.24 bits per heavy atom. The maximum absolute atomic E-state index is 4.71. The third-order valence-corrected chi connectivity index (χ3v) is 4.81. The molecule has 0 aliphatic rings. The van der Waals surface area contributed by atoms with Crippen molar-refractivity contribution in [3.05, 3.63) is 22.8 Å². The van der Waals surface area contributed by atoms with E-state index in [0.29, 0.717) is 5.92 Å². The highest BCUT2D eigenvalue weighted by Gasteiger charge is 2.12. The van der Waals surface area contributed by atoms with Crippen LogP contribution in [0.3, 0.4) is 0 Å². The molecule has 1 N–H and O–H groups in total. The van der Waals surface area contributed by atoms with Gasteiger partial charge in [-0.05, 0) is 56.5 Å². The maximum atomic E-state index is 4.71. The molecule has 0 bridgehead atoms. The van der Waals surface area contributed by atoms with Crippen molar-refractivity contribution < 1.29 is 0 Å². The van der Waals surface area contributed by atoms with Gasteiger partial charge < -0.3 is 5.32 Å². The molecule has 0 radical (unpaired) electrons. The number of nitrogens with zero attached hydrogens (tertiary/aromatic N) is 2. The summed E-state index contributed by atoms with van der Waals surface area (Å²) < 4.78 is 0. The minimum atomic E-state index is 0.618. The van der Waals surface area contributed by atoms with E-state index in [1.807, 2.05) is 11.8 Å². The molecule has 1 rings (SSSR count). The molecule has 0 spiro atoms. The topological polar surface area (TPSA) is 37.8 Å². The summed E-state index contributed by atoms with van der Waals surface area (Å²) in [5, 5.41) is 3.41. The molecular weight excluding hydrogens is 278 g/mol. The first-order valence-corrected chi connectivity index (χ1v) is 9.20. The maximum Gasteiger partial charge on any atom is 0.138 e. The molecule has 0 aromatic carbocycles. The zero-order valence-electron chi connectivity index (χ0n) is 14.5. The fourth-order valence-electron chi connectivity index (χ4n) is 2.37. The summed E-state index contributed by atoms with van der Waals surface area (Å²) in [7, 11) is 0. The van der Waals surface area contributed by atoms with Gasteiger partial charge in [0, 0.05) is 11.4 Å². The molecule has 1 atom stereocenters. The molecule has 3 nitrogen and oxygen atoms in total. The Balaban J connectivity index is 2.66. The largest absolute Gasteiger partial charge is 0.317 e. The summed E-state index contributed by atoms with van der Waals surface area (Å²) in [5.41, 5.74) is 3.65. The van der Waals surface area contributed by atoms with Crippen molar-refractivity contribution in [3.8, 4) is 0 Å². The van der Waals surface area contributed by atoms with Crippen molar-refractivity contribution in [3.63, 3.8) is 0 Å².